The molecule has 2 aliphatic rings. The van der Waals surface area contributed by atoms with Crippen LogP contribution in [0.1, 0.15) is 40.5 Å². The molecule has 5 rings (SSSR count). The van der Waals surface area contributed by atoms with E-state index in [-0.39, 0.29) is 24.4 Å². The lowest BCUT2D eigenvalue weighted by Crippen LogP contribution is -2.48. The van der Waals surface area contributed by atoms with Crippen molar-refractivity contribution in [2.45, 2.75) is 38.6 Å². The maximum Gasteiger partial charge on any atom is 0.242 e. The minimum Gasteiger partial charge on any atom is -0.491 e. The zero-order valence-corrected chi connectivity index (χ0v) is 21.0. The number of ether oxygens (including phenoxy) is 1. The summed E-state index contributed by atoms with van der Waals surface area (Å²) in [6.07, 6.45) is 3.45. The molecule has 5 nitrogen and oxygen atoms in total. The molecule has 182 valence electrons. The van der Waals surface area contributed by atoms with Crippen LogP contribution < -0.4 is 4.74 Å². The fourth-order valence-electron chi connectivity index (χ4n) is 4.76. The second kappa shape index (κ2) is 10.6. The molecule has 0 N–H and O–H groups in total. The first kappa shape index (κ1) is 23.6. The van der Waals surface area contributed by atoms with Crippen LogP contribution in [-0.2, 0) is 22.4 Å². The van der Waals surface area contributed by atoms with Gasteiger partial charge in [-0.15, -0.1) is 11.3 Å². The summed E-state index contributed by atoms with van der Waals surface area (Å²) >= 11 is 1.75. The first-order valence-corrected chi connectivity index (χ1v) is 13.3. The van der Waals surface area contributed by atoms with Crippen LogP contribution in [0.3, 0.4) is 0 Å². The standard InChI is InChI=1S/C29H32N2O3S/c1-21-7-5-6-10-26(21)34-20-25-24-14-16-35-27(24)13-15-31(25)29(33)19-30(18-23-11-12-23)28(32)17-22-8-3-2-4-9-22/h2-10,14,16,23,25H,11-13,15,17-20H2,1H3/t25-/m1/s1. The number of hydrogen-bond acceptors (Lipinski definition) is 4. The smallest absolute Gasteiger partial charge is 0.242 e. The van der Waals surface area contributed by atoms with Crippen molar-refractivity contribution in [3.05, 3.63) is 87.6 Å². The van der Waals surface area contributed by atoms with Gasteiger partial charge < -0.3 is 14.5 Å². The van der Waals surface area contributed by atoms with Crippen molar-refractivity contribution in [3.8, 4) is 5.75 Å². The molecule has 2 aromatic carbocycles. The first-order chi connectivity index (χ1) is 17.1. The maximum absolute atomic E-state index is 13.7. The molecule has 1 saturated carbocycles. The largest absolute Gasteiger partial charge is 0.491 e. The SMILES string of the molecule is Cc1ccccc1OC[C@@H]1c2ccsc2CCN1C(=O)CN(CC1CC1)C(=O)Cc1ccccc1. The van der Waals surface area contributed by atoms with Gasteiger partial charge in [-0.2, -0.15) is 0 Å². The van der Waals surface area contributed by atoms with Crippen molar-refractivity contribution < 1.29 is 14.3 Å². The number of aryl methyl sites for hydroxylation is 1. The van der Waals surface area contributed by atoms with Crippen molar-refractivity contribution in [2.24, 2.45) is 5.92 Å². The summed E-state index contributed by atoms with van der Waals surface area (Å²) in [5.41, 5.74) is 3.23. The third kappa shape index (κ3) is 5.76. The van der Waals surface area contributed by atoms with Crippen molar-refractivity contribution in [2.75, 3.05) is 26.2 Å². The van der Waals surface area contributed by atoms with Gasteiger partial charge in [0.05, 0.1) is 19.0 Å². The summed E-state index contributed by atoms with van der Waals surface area (Å²) < 4.78 is 6.22. The molecule has 6 heteroatoms. The average molecular weight is 489 g/mol. The molecule has 0 bridgehead atoms. The van der Waals surface area contributed by atoms with Gasteiger partial charge in [0.15, 0.2) is 0 Å². The van der Waals surface area contributed by atoms with Crippen molar-refractivity contribution in [1.29, 1.82) is 0 Å². The van der Waals surface area contributed by atoms with Crippen LogP contribution in [0.4, 0.5) is 0 Å². The van der Waals surface area contributed by atoms with Gasteiger partial charge in [0, 0.05) is 18.0 Å². The fourth-order valence-corrected chi connectivity index (χ4v) is 5.69. The van der Waals surface area contributed by atoms with E-state index in [9.17, 15) is 9.59 Å². The molecule has 1 aliphatic heterocycles. The molecule has 3 aromatic rings. The number of hydrogen-bond donors (Lipinski definition) is 0. The monoisotopic (exact) mass is 488 g/mol. The Morgan fingerprint density at radius 1 is 1.06 bits per heavy atom. The highest BCUT2D eigenvalue weighted by molar-refractivity contribution is 7.10. The Labute approximate surface area is 211 Å². The van der Waals surface area contributed by atoms with E-state index in [1.54, 1.807) is 16.2 Å². The van der Waals surface area contributed by atoms with Crippen molar-refractivity contribution >= 4 is 23.2 Å². The van der Waals surface area contributed by atoms with Gasteiger partial charge in [0.1, 0.15) is 12.4 Å². The number of benzene rings is 2. The van der Waals surface area contributed by atoms with Gasteiger partial charge in [-0.3, -0.25) is 9.59 Å². The number of carbonyl (C=O) groups excluding carboxylic acids is 2. The molecule has 0 radical (unpaired) electrons. The summed E-state index contributed by atoms with van der Waals surface area (Å²) in [7, 11) is 0. The van der Waals surface area contributed by atoms with Crippen LogP contribution in [0, 0.1) is 12.8 Å². The van der Waals surface area contributed by atoms with E-state index in [4.69, 9.17) is 4.74 Å². The Kier molecular flexibility index (Phi) is 7.19. The lowest BCUT2D eigenvalue weighted by Gasteiger charge is -2.37. The molecule has 0 saturated heterocycles. The van der Waals surface area contributed by atoms with E-state index in [0.29, 0.717) is 32.0 Å². The van der Waals surface area contributed by atoms with E-state index in [0.717, 1.165) is 36.1 Å². The lowest BCUT2D eigenvalue weighted by molar-refractivity contribution is -0.142. The second-order valence-corrected chi connectivity index (χ2v) is 10.6. The first-order valence-electron chi connectivity index (χ1n) is 12.4. The fraction of sp³-hybridized carbons (Fsp3) is 0.379. The normalized spacial score (nSPS) is 17.1. The van der Waals surface area contributed by atoms with Crippen molar-refractivity contribution in [3.63, 3.8) is 0 Å². The number of fused-ring (bicyclic) bond motifs is 1. The van der Waals surface area contributed by atoms with E-state index in [1.165, 1.54) is 10.4 Å². The molecule has 0 unspecified atom stereocenters. The highest BCUT2D eigenvalue weighted by Crippen LogP contribution is 2.35. The Balaban J connectivity index is 1.31. The van der Waals surface area contributed by atoms with Gasteiger partial charge in [0.2, 0.25) is 11.8 Å². The quantitative estimate of drug-likeness (QED) is 0.424. The summed E-state index contributed by atoms with van der Waals surface area (Å²) in [6.45, 7) is 3.88. The lowest BCUT2D eigenvalue weighted by atomic mass is 10.00. The Morgan fingerprint density at radius 2 is 1.83 bits per heavy atom. The van der Waals surface area contributed by atoms with E-state index < -0.39 is 0 Å². The summed E-state index contributed by atoms with van der Waals surface area (Å²) in [5.74, 6) is 1.39. The number of carbonyl (C=O) groups is 2. The Bertz CT molecular complexity index is 1170. The predicted molar refractivity (Wildman–Crippen MR) is 139 cm³/mol. The second-order valence-electron chi connectivity index (χ2n) is 9.61. The highest BCUT2D eigenvalue weighted by atomic mass is 32.1. The number of para-hydroxylation sites is 1. The average Bonchev–Trinajstić information content (AvgIpc) is 3.55. The molecular formula is C29H32N2O3S. The van der Waals surface area contributed by atoms with Crippen LogP contribution >= 0.6 is 11.3 Å². The molecule has 1 atom stereocenters. The summed E-state index contributed by atoms with van der Waals surface area (Å²) in [5, 5.41) is 2.10. The van der Waals surface area contributed by atoms with Gasteiger partial charge in [0.25, 0.3) is 0 Å². The molecule has 0 spiro atoms. The number of rotatable bonds is 9. The minimum atomic E-state index is -0.149. The van der Waals surface area contributed by atoms with Crippen LogP contribution in [0.2, 0.25) is 0 Å². The van der Waals surface area contributed by atoms with Crippen LogP contribution in [-0.4, -0.2) is 47.9 Å². The Hall–Kier alpha value is -3.12. The van der Waals surface area contributed by atoms with Gasteiger partial charge >= 0.3 is 0 Å². The Morgan fingerprint density at radius 3 is 2.60 bits per heavy atom. The third-order valence-electron chi connectivity index (χ3n) is 6.96. The van der Waals surface area contributed by atoms with Gasteiger partial charge in [-0.25, -0.2) is 0 Å². The number of thiophene rings is 1. The molecule has 1 fully saturated rings. The molecule has 2 amide bonds. The van der Waals surface area contributed by atoms with Crippen molar-refractivity contribution in [1.82, 2.24) is 9.80 Å². The third-order valence-corrected chi connectivity index (χ3v) is 7.95. The van der Waals surface area contributed by atoms with E-state index in [1.807, 2.05) is 66.4 Å². The van der Waals surface area contributed by atoms with E-state index in [2.05, 4.69) is 11.4 Å². The van der Waals surface area contributed by atoms with Gasteiger partial charge in [-0.1, -0.05) is 48.5 Å². The topological polar surface area (TPSA) is 49.9 Å². The maximum atomic E-state index is 13.7. The number of nitrogens with zero attached hydrogens (tertiary/aromatic N) is 2. The van der Waals surface area contributed by atoms with Crippen LogP contribution in [0.15, 0.2) is 66.0 Å². The van der Waals surface area contributed by atoms with Crippen LogP contribution in [0.5, 0.6) is 5.75 Å². The summed E-state index contributed by atoms with van der Waals surface area (Å²) in [6, 6.07) is 19.7. The zero-order valence-electron chi connectivity index (χ0n) is 20.2. The molecule has 2 heterocycles. The van der Waals surface area contributed by atoms with Crippen LogP contribution in [0.25, 0.3) is 0 Å². The summed E-state index contributed by atoms with van der Waals surface area (Å²) in [4.78, 5) is 31.9. The zero-order chi connectivity index (χ0) is 24.2. The highest BCUT2D eigenvalue weighted by Gasteiger charge is 2.35. The molecular weight excluding hydrogens is 456 g/mol. The predicted octanol–water partition coefficient (Wildman–Crippen LogP) is 5.04. The minimum absolute atomic E-state index is 0.00213. The molecule has 35 heavy (non-hydrogen) atoms. The van der Waals surface area contributed by atoms with Gasteiger partial charge in [-0.05, 0) is 66.3 Å². The molecule has 1 aliphatic carbocycles. The molecule has 1 aromatic heterocycles. The van der Waals surface area contributed by atoms with E-state index >= 15 is 0 Å². The number of amides is 2.